The number of benzene rings is 1. The molecule has 0 aromatic heterocycles. The minimum absolute atomic E-state index is 0.118. The summed E-state index contributed by atoms with van der Waals surface area (Å²) in [5.74, 6) is -0.118. The topological polar surface area (TPSA) is 21.3 Å². The van der Waals surface area contributed by atoms with Crippen molar-refractivity contribution in [1.29, 1.82) is 0 Å². The van der Waals surface area contributed by atoms with Crippen LogP contribution in [0.2, 0.25) is 0 Å². The zero-order valence-electron chi connectivity index (χ0n) is 10.9. The van der Waals surface area contributed by atoms with Crippen molar-refractivity contribution in [3.63, 3.8) is 0 Å². The summed E-state index contributed by atoms with van der Waals surface area (Å²) in [7, 11) is 3.64. The van der Waals surface area contributed by atoms with Crippen LogP contribution in [0.3, 0.4) is 0 Å². The molecule has 17 heavy (non-hydrogen) atoms. The fraction of sp³-hybridized carbons (Fsp3) is 0.571. The number of ether oxygens (including phenoxy) is 1. The number of hydrogen-bond donors (Lipinski definition) is 1. The molecule has 1 aromatic rings. The van der Waals surface area contributed by atoms with E-state index in [1.807, 2.05) is 19.2 Å². The maximum Gasteiger partial charge on any atom is 0.126 e. The summed E-state index contributed by atoms with van der Waals surface area (Å²) >= 11 is 0. The van der Waals surface area contributed by atoms with E-state index in [1.165, 1.54) is 6.07 Å². The lowest BCUT2D eigenvalue weighted by molar-refractivity contribution is 0.106. The molecule has 0 radical (unpaired) electrons. The van der Waals surface area contributed by atoms with Crippen molar-refractivity contribution in [3.8, 4) is 0 Å². The van der Waals surface area contributed by atoms with Gasteiger partial charge in [0.25, 0.3) is 0 Å². The number of methoxy groups -OCH3 is 1. The molecule has 1 N–H and O–H groups in total. The summed E-state index contributed by atoms with van der Waals surface area (Å²) in [4.78, 5) is 0. The molecule has 0 fully saturated rings. The average Bonchev–Trinajstić information content (AvgIpc) is 2.36. The van der Waals surface area contributed by atoms with E-state index in [-0.39, 0.29) is 11.9 Å². The van der Waals surface area contributed by atoms with Crippen LogP contribution >= 0.6 is 0 Å². The van der Waals surface area contributed by atoms with Gasteiger partial charge in [-0.1, -0.05) is 18.2 Å². The van der Waals surface area contributed by atoms with Crippen molar-refractivity contribution in [1.82, 2.24) is 5.32 Å². The van der Waals surface area contributed by atoms with E-state index < -0.39 is 0 Å². The molecule has 0 saturated heterocycles. The Kier molecular flexibility index (Phi) is 6.16. The molecular formula is C14H22FNO. The minimum atomic E-state index is -0.118. The van der Waals surface area contributed by atoms with Crippen molar-refractivity contribution in [3.05, 3.63) is 35.6 Å². The number of hydrogen-bond acceptors (Lipinski definition) is 2. The largest absolute Gasteiger partial charge is 0.382 e. The Morgan fingerprint density at radius 3 is 2.59 bits per heavy atom. The lowest BCUT2D eigenvalue weighted by atomic mass is 10.0. The highest BCUT2D eigenvalue weighted by Crippen LogP contribution is 2.13. The Balaban J connectivity index is 2.49. The van der Waals surface area contributed by atoms with Gasteiger partial charge in [-0.3, -0.25) is 0 Å². The zero-order valence-corrected chi connectivity index (χ0v) is 10.9. The maximum atomic E-state index is 13.5. The van der Waals surface area contributed by atoms with Crippen molar-refractivity contribution in [2.75, 3.05) is 14.2 Å². The van der Waals surface area contributed by atoms with E-state index in [1.54, 1.807) is 13.2 Å². The van der Waals surface area contributed by atoms with Crippen LogP contribution in [0.15, 0.2) is 24.3 Å². The quantitative estimate of drug-likeness (QED) is 0.790. The standard InChI is InChI=1S/C14H22FNO/c1-11(17-3)8-9-13(16-2)10-12-6-4-5-7-14(12)15/h4-7,11,13,16H,8-10H2,1-3H3. The molecule has 0 saturated carbocycles. The van der Waals surface area contributed by atoms with E-state index in [0.29, 0.717) is 6.04 Å². The summed E-state index contributed by atoms with van der Waals surface area (Å²) in [5.41, 5.74) is 0.775. The normalized spacial score (nSPS) is 14.6. The zero-order chi connectivity index (χ0) is 12.7. The van der Waals surface area contributed by atoms with E-state index in [4.69, 9.17) is 4.74 Å². The predicted octanol–water partition coefficient (Wildman–Crippen LogP) is 2.77. The summed E-state index contributed by atoms with van der Waals surface area (Å²) in [6.45, 7) is 2.05. The lowest BCUT2D eigenvalue weighted by Crippen LogP contribution is -2.29. The third kappa shape index (κ3) is 4.84. The van der Waals surface area contributed by atoms with Crippen LogP contribution in [0, 0.1) is 5.82 Å². The van der Waals surface area contributed by atoms with Crippen LogP contribution in [0.1, 0.15) is 25.3 Å². The van der Waals surface area contributed by atoms with Gasteiger partial charge in [0.15, 0.2) is 0 Å². The monoisotopic (exact) mass is 239 g/mol. The van der Waals surface area contributed by atoms with Crippen molar-refractivity contribution >= 4 is 0 Å². The highest BCUT2D eigenvalue weighted by molar-refractivity contribution is 5.18. The minimum Gasteiger partial charge on any atom is -0.382 e. The molecule has 2 unspecified atom stereocenters. The van der Waals surface area contributed by atoms with Crippen molar-refractivity contribution in [2.24, 2.45) is 0 Å². The molecule has 0 aliphatic heterocycles. The van der Waals surface area contributed by atoms with Crippen molar-refractivity contribution in [2.45, 2.75) is 38.3 Å². The smallest absolute Gasteiger partial charge is 0.126 e. The second-order valence-electron chi connectivity index (χ2n) is 4.40. The molecule has 0 aliphatic rings. The fourth-order valence-electron chi connectivity index (χ4n) is 1.83. The van der Waals surface area contributed by atoms with Gasteiger partial charge in [-0.15, -0.1) is 0 Å². The Hall–Kier alpha value is -0.930. The molecule has 0 aliphatic carbocycles. The number of halogens is 1. The van der Waals surface area contributed by atoms with Gasteiger partial charge < -0.3 is 10.1 Å². The van der Waals surface area contributed by atoms with Crippen LogP contribution in [0.4, 0.5) is 4.39 Å². The van der Waals surface area contributed by atoms with Gasteiger partial charge in [0.2, 0.25) is 0 Å². The first-order valence-electron chi connectivity index (χ1n) is 6.10. The number of nitrogens with one attached hydrogen (secondary N) is 1. The molecule has 2 atom stereocenters. The highest BCUT2D eigenvalue weighted by Gasteiger charge is 2.11. The molecule has 0 amide bonds. The molecule has 0 spiro atoms. The molecule has 3 heteroatoms. The Morgan fingerprint density at radius 2 is 2.00 bits per heavy atom. The van der Waals surface area contributed by atoms with Gasteiger partial charge in [0, 0.05) is 13.2 Å². The van der Waals surface area contributed by atoms with Crippen LogP contribution in [0.5, 0.6) is 0 Å². The van der Waals surface area contributed by atoms with E-state index >= 15 is 0 Å². The van der Waals surface area contributed by atoms with Gasteiger partial charge in [0.05, 0.1) is 6.10 Å². The molecule has 1 aromatic carbocycles. The SMILES string of the molecule is CNC(CCC(C)OC)Cc1ccccc1F. The van der Waals surface area contributed by atoms with Crippen LogP contribution < -0.4 is 5.32 Å². The first kappa shape index (κ1) is 14.1. The second-order valence-corrected chi connectivity index (χ2v) is 4.40. The van der Waals surface area contributed by atoms with Gasteiger partial charge in [-0.25, -0.2) is 4.39 Å². The molecule has 1 rings (SSSR count). The first-order chi connectivity index (χ1) is 8.17. The van der Waals surface area contributed by atoms with Gasteiger partial charge in [0.1, 0.15) is 5.82 Å². The van der Waals surface area contributed by atoms with Gasteiger partial charge in [-0.05, 0) is 44.9 Å². The van der Waals surface area contributed by atoms with Crippen molar-refractivity contribution < 1.29 is 9.13 Å². The third-order valence-corrected chi connectivity index (χ3v) is 3.16. The molecule has 0 heterocycles. The van der Waals surface area contributed by atoms with Gasteiger partial charge in [-0.2, -0.15) is 0 Å². The van der Waals surface area contributed by atoms with Crippen LogP contribution in [-0.2, 0) is 11.2 Å². The Labute approximate surface area is 103 Å². The average molecular weight is 239 g/mol. The highest BCUT2D eigenvalue weighted by atomic mass is 19.1. The summed E-state index contributed by atoms with van der Waals surface area (Å²) in [6.07, 6.45) is 2.95. The van der Waals surface area contributed by atoms with E-state index in [2.05, 4.69) is 12.2 Å². The molecule has 96 valence electrons. The Bertz CT molecular complexity index is 330. The predicted molar refractivity (Wildman–Crippen MR) is 68.7 cm³/mol. The second kappa shape index (κ2) is 7.41. The Morgan fingerprint density at radius 1 is 1.29 bits per heavy atom. The maximum absolute atomic E-state index is 13.5. The van der Waals surface area contributed by atoms with Gasteiger partial charge >= 0.3 is 0 Å². The third-order valence-electron chi connectivity index (χ3n) is 3.16. The lowest BCUT2D eigenvalue weighted by Gasteiger charge is -2.18. The molecule has 2 nitrogen and oxygen atoms in total. The van der Waals surface area contributed by atoms with Crippen LogP contribution in [0.25, 0.3) is 0 Å². The number of likely N-dealkylation sites (N-methyl/N-ethyl adjacent to an activating group) is 1. The molecule has 0 bridgehead atoms. The summed E-state index contributed by atoms with van der Waals surface area (Å²) in [5, 5.41) is 3.23. The van der Waals surface area contributed by atoms with E-state index in [0.717, 1.165) is 24.8 Å². The first-order valence-corrected chi connectivity index (χ1v) is 6.10. The fourth-order valence-corrected chi connectivity index (χ4v) is 1.83. The molecular weight excluding hydrogens is 217 g/mol. The summed E-state index contributed by atoms with van der Waals surface area (Å²) in [6, 6.07) is 7.26. The van der Waals surface area contributed by atoms with E-state index in [9.17, 15) is 4.39 Å². The van der Waals surface area contributed by atoms with Crippen LogP contribution in [-0.4, -0.2) is 26.3 Å². The summed E-state index contributed by atoms with van der Waals surface area (Å²) < 4.78 is 18.7. The number of rotatable bonds is 7.